The predicted octanol–water partition coefficient (Wildman–Crippen LogP) is 3.08. The lowest BCUT2D eigenvalue weighted by atomic mass is 9.89. The lowest BCUT2D eigenvalue weighted by Gasteiger charge is -2.17. The van der Waals surface area contributed by atoms with E-state index in [9.17, 15) is 0 Å². The van der Waals surface area contributed by atoms with Gasteiger partial charge in [-0.15, -0.1) is 0 Å². The Morgan fingerprint density at radius 3 is 2.76 bits per heavy atom. The standard InChI is InChI=1S/C17H21N3O/c1-2-21-13-6-3-11(4-7-13)16-10-18-17(20-16)14-9-12-5-8-15(14)19-12/h3-4,6-7,10,12,14-15,19H,2,5,8-9H2,1H3,(H,18,20). The minimum atomic E-state index is 0.556. The number of hydrogen-bond acceptors (Lipinski definition) is 3. The lowest BCUT2D eigenvalue weighted by molar-refractivity contribution is 0.340. The van der Waals surface area contributed by atoms with Gasteiger partial charge in [0.2, 0.25) is 0 Å². The zero-order valence-corrected chi connectivity index (χ0v) is 12.3. The Balaban J connectivity index is 1.54. The normalized spacial score (nSPS) is 27.2. The van der Waals surface area contributed by atoms with E-state index in [0.717, 1.165) is 22.8 Å². The highest BCUT2D eigenvalue weighted by Gasteiger charge is 2.41. The number of aromatic amines is 1. The van der Waals surface area contributed by atoms with Crippen LogP contribution in [0.2, 0.25) is 0 Å². The van der Waals surface area contributed by atoms with E-state index in [2.05, 4.69) is 27.4 Å². The summed E-state index contributed by atoms with van der Waals surface area (Å²) in [6.45, 7) is 2.70. The molecule has 2 aliphatic heterocycles. The van der Waals surface area contributed by atoms with Gasteiger partial charge >= 0.3 is 0 Å². The molecule has 0 radical (unpaired) electrons. The molecule has 0 spiro atoms. The largest absolute Gasteiger partial charge is 0.494 e. The van der Waals surface area contributed by atoms with E-state index in [-0.39, 0.29) is 0 Å². The first kappa shape index (κ1) is 12.9. The molecule has 4 heteroatoms. The van der Waals surface area contributed by atoms with Gasteiger partial charge < -0.3 is 15.0 Å². The summed E-state index contributed by atoms with van der Waals surface area (Å²) < 4.78 is 5.48. The number of H-pyrrole nitrogens is 1. The zero-order valence-electron chi connectivity index (χ0n) is 12.3. The van der Waals surface area contributed by atoms with Crippen LogP contribution in [0, 0.1) is 0 Å². The molecule has 0 saturated carbocycles. The summed E-state index contributed by atoms with van der Waals surface area (Å²) in [6.07, 6.45) is 5.79. The second-order valence-corrected chi connectivity index (χ2v) is 6.03. The summed E-state index contributed by atoms with van der Waals surface area (Å²) in [7, 11) is 0. The Morgan fingerprint density at radius 2 is 2.10 bits per heavy atom. The van der Waals surface area contributed by atoms with E-state index in [4.69, 9.17) is 4.74 Å². The van der Waals surface area contributed by atoms with Crippen LogP contribution in [0.5, 0.6) is 5.75 Å². The molecule has 2 N–H and O–H groups in total. The molecule has 110 valence electrons. The van der Waals surface area contributed by atoms with Crippen molar-refractivity contribution in [2.24, 2.45) is 0 Å². The van der Waals surface area contributed by atoms with Crippen molar-refractivity contribution in [2.75, 3.05) is 6.61 Å². The fourth-order valence-corrected chi connectivity index (χ4v) is 3.70. The van der Waals surface area contributed by atoms with Crippen LogP contribution in [0.3, 0.4) is 0 Å². The third kappa shape index (κ3) is 2.33. The molecule has 2 fully saturated rings. The average Bonchev–Trinajstić information content (AvgIpc) is 3.24. The van der Waals surface area contributed by atoms with Crippen LogP contribution in [0.1, 0.15) is 37.9 Å². The summed E-state index contributed by atoms with van der Waals surface area (Å²) >= 11 is 0. The van der Waals surface area contributed by atoms with Gasteiger partial charge in [0.15, 0.2) is 0 Å². The molecule has 3 heterocycles. The average molecular weight is 283 g/mol. The summed E-state index contributed by atoms with van der Waals surface area (Å²) in [5.74, 6) is 2.61. The molecule has 3 unspecified atom stereocenters. The highest BCUT2D eigenvalue weighted by atomic mass is 16.5. The number of ether oxygens (including phenoxy) is 1. The first-order valence-electron chi connectivity index (χ1n) is 7.87. The quantitative estimate of drug-likeness (QED) is 0.906. The van der Waals surface area contributed by atoms with E-state index in [0.29, 0.717) is 24.6 Å². The van der Waals surface area contributed by atoms with Crippen LogP contribution in [0.15, 0.2) is 30.5 Å². The zero-order chi connectivity index (χ0) is 14.2. The molecular formula is C17H21N3O. The third-order valence-corrected chi connectivity index (χ3v) is 4.72. The number of nitrogens with zero attached hydrogens (tertiary/aromatic N) is 1. The van der Waals surface area contributed by atoms with Crippen molar-refractivity contribution in [3.63, 3.8) is 0 Å². The van der Waals surface area contributed by atoms with Gasteiger partial charge in [0, 0.05) is 18.0 Å². The molecule has 2 aromatic rings. The summed E-state index contributed by atoms with van der Waals surface area (Å²) in [6, 6.07) is 9.52. The molecule has 0 amide bonds. The van der Waals surface area contributed by atoms with Gasteiger partial charge in [-0.1, -0.05) is 0 Å². The fourth-order valence-electron chi connectivity index (χ4n) is 3.70. The Kier molecular flexibility index (Phi) is 3.19. The van der Waals surface area contributed by atoms with Crippen LogP contribution in [0.25, 0.3) is 11.3 Å². The number of rotatable bonds is 4. The van der Waals surface area contributed by atoms with Crippen LogP contribution in [-0.4, -0.2) is 28.7 Å². The first-order chi connectivity index (χ1) is 10.3. The molecule has 4 nitrogen and oxygen atoms in total. The Bertz CT molecular complexity index is 619. The van der Waals surface area contributed by atoms with E-state index >= 15 is 0 Å². The maximum atomic E-state index is 5.48. The van der Waals surface area contributed by atoms with Gasteiger partial charge in [0.25, 0.3) is 0 Å². The fraction of sp³-hybridized carbons (Fsp3) is 0.471. The lowest BCUT2D eigenvalue weighted by Crippen LogP contribution is -2.22. The summed E-state index contributed by atoms with van der Waals surface area (Å²) in [4.78, 5) is 8.14. The van der Waals surface area contributed by atoms with E-state index < -0.39 is 0 Å². The second kappa shape index (κ2) is 5.19. The van der Waals surface area contributed by atoms with Gasteiger partial charge in [-0.25, -0.2) is 4.98 Å². The van der Waals surface area contributed by atoms with Crippen molar-refractivity contribution in [3.05, 3.63) is 36.3 Å². The molecule has 1 aromatic carbocycles. The van der Waals surface area contributed by atoms with Crippen LogP contribution in [-0.2, 0) is 0 Å². The van der Waals surface area contributed by atoms with Gasteiger partial charge in [0.05, 0.1) is 18.5 Å². The highest BCUT2D eigenvalue weighted by Crippen LogP contribution is 2.39. The SMILES string of the molecule is CCOc1ccc(-c2cnc(C3CC4CCC3N4)[nH]2)cc1. The number of hydrogen-bond donors (Lipinski definition) is 2. The van der Waals surface area contributed by atoms with Crippen molar-refractivity contribution < 1.29 is 4.74 Å². The van der Waals surface area contributed by atoms with Gasteiger partial charge in [0.1, 0.15) is 11.6 Å². The minimum Gasteiger partial charge on any atom is -0.494 e. The molecule has 21 heavy (non-hydrogen) atoms. The Labute approximate surface area is 124 Å². The monoisotopic (exact) mass is 283 g/mol. The molecule has 0 aliphatic carbocycles. The third-order valence-electron chi connectivity index (χ3n) is 4.72. The second-order valence-electron chi connectivity index (χ2n) is 6.03. The van der Waals surface area contributed by atoms with Crippen molar-refractivity contribution in [2.45, 2.75) is 44.2 Å². The molecule has 2 aliphatic rings. The summed E-state index contributed by atoms with van der Waals surface area (Å²) in [5.41, 5.74) is 2.25. The maximum absolute atomic E-state index is 5.48. The molecule has 2 saturated heterocycles. The Hall–Kier alpha value is -1.81. The van der Waals surface area contributed by atoms with Crippen molar-refractivity contribution >= 4 is 0 Å². The van der Waals surface area contributed by atoms with E-state index in [1.54, 1.807) is 0 Å². The Morgan fingerprint density at radius 1 is 1.24 bits per heavy atom. The van der Waals surface area contributed by atoms with Crippen molar-refractivity contribution in [1.82, 2.24) is 15.3 Å². The molecule has 3 atom stereocenters. The number of imidazole rings is 1. The van der Waals surface area contributed by atoms with Crippen molar-refractivity contribution in [1.29, 1.82) is 0 Å². The molecule has 1 aromatic heterocycles. The number of benzene rings is 1. The van der Waals surface area contributed by atoms with Crippen LogP contribution in [0.4, 0.5) is 0 Å². The smallest absolute Gasteiger partial charge is 0.119 e. The van der Waals surface area contributed by atoms with Gasteiger partial charge in [-0.3, -0.25) is 0 Å². The topological polar surface area (TPSA) is 49.9 Å². The summed E-state index contributed by atoms with van der Waals surface area (Å²) in [5, 5.41) is 3.67. The number of fused-ring (bicyclic) bond motifs is 2. The molecule has 2 bridgehead atoms. The van der Waals surface area contributed by atoms with Crippen molar-refractivity contribution in [3.8, 4) is 17.0 Å². The maximum Gasteiger partial charge on any atom is 0.119 e. The first-order valence-corrected chi connectivity index (χ1v) is 7.87. The molecular weight excluding hydrogens is 262 g/mol. The van der Waals surface area contributed by atoms with Crippen LogP contribution >= 0.6 is 0 Å². The van der Waals surface area contributed by atoms with E-state index in [1.165, 1.54) is 19.3 Å². The van der Waals surface area contributed by atoms with Gasteiger partial charge in [-0.05, 0) is 56.0 Å². The molecule has 4 rings (SSSR count). The van der Waals surface area contributed by atoms with E-state index in [1.807, 2.05) is 25.3 Å². The highest BCUT2D eigenvalue weighted by molar-refractivity contribution is 5.59. The number of aromatic nitrogens is 2. The van der Waals surface area contributed by atoms with Crippen LogP contribution < -0.4 is 10.1 Å². The van der Waals surface area contributed by atoms with Gasteiger partial charge in [-0.2, -0.15) is 0 Å². The minimum absolute atomic E-state index is 0.556. The number of nitrogens with one attached hydrogen (secondary N) is 2. The predicted molar refractivity (Wildman–Crippen MR) is 82.5 cm³/mol.